The maximum Gasteiger partial charge on any atom is 0.0795 e. The molecule has 0 N–H and O–H groups in total. The van der Waals surface area contributed by atoms with Gasteiger partial charge in [-0.3, -0.25) is 0 Å². The number of benzene rings is 1. The molecule has 0 amide bonds. The molecule has 0 saturated heterocycles. The van der Waals surface area contributed by atoms with Crippen molar-refractivity contribution < 1.29 is 4.74 Å². The third kappa shape index (κ3) is 1.86. The average Bonchev–Trinajstić information content (AvgIpc) is 2.03. The predicted molar refractivity (Wildman–Crippen MR) is 51.3 cm³/mol. The van der Waals surface area contributed by atoms with Crippen molar-refractivity contribution in [2.45, 2.75) is 26.9 Å². The van der Waals surface area contributed by atoms with E-state index in [1.54, 1.807) is 7.11 Å². The van der Waals surface area contributed by atoms with Crippen LogP contribution in [-0.4, -0.2) is 7.11 Å². The van der Waals surface area contributed by atoms with E-state index in [1.807, 2.05) is 0 Å². The molecule has 0 bridgehead atoms. The van der Waals surface area contributed by atoms with Crippen LogP contribution in [0.1, 0.15) is 29.7 Å². The highest BCUT2D eigenvalue weighted by atomic mass is 16.5. The topological polar surface area (TPSA) is 9.23 Å². The Morgan fingerprint density at radius 2 is 1.92 bits per heavy atom. The summed E-state index contributed by atoms with van der Waals surface area (Å²) in [7, 11) is 1.74. The maximum absolute atomic E-state index is 5.26. The first kappa shape index (κ1) is 9.27. The van der Waals surface area contributed by atoms with E-state index in [0.717, 1.165) is 0 Å². The maximum atomic E-state index is 5.26. The van der Waals surface area contributed by atoms with E-state index < -0.39 is 0 Å². The monoisotopic (exact) mass is 164 g/mol. The SMILES string of the molecule is COC(C)c1ccc(C)cc1C. The van der Waals surface area contributed by atoms with Crippen LogP contribution in [0.4, 0.5) is 0 Å². The average molecular weight is 164 g/mol. The number of methoxy groups -OCH3 is 1. The molecular weight excluding hydrogens is 148 g/mol. The van der Waals surface area contributed by atoms with Gasteiger partial charge in [0.25, 0.3) is 0 Å². The van der Waals surface area contributed by atoms with Crippen molar-refractivity contribution in [3.05, 3.63) is 34.9 Å². The number of hydrogen-bond donors (Lipinski definition) is 0. The zero-order valence-corrected chi connectivity index (χ0v) is 8.22. The molecule has 1 aromatic carbocycles. The van der Waals surface area contributed by atoms with E-state index >= 15 is 0 Å². The van der Waals surface area contributed by atoms with Gasteiger partial charge < -0.3 is 4.74 Å². The fourth-order valence-electron chi connectivity index (χ4n) is 1.41. The second-order valence-corrected chi connectivity index (χ2v) is 3.24. The Morgan fingerprint density at radius 1 is 1.25 bits per heavy atom. The summed E-state index contributed by atoms with van der Waals surface area (Å²) in [5, 5.41) is 0. The van der Waals surface area contributed by atoms with E-state index in [1.165, 1.54) is 16.7 Å². The Bertz CT molecular complexity index is 266. The van der Waals surface area contributed by atoms with Gasteiger partial charge in [-0.2, -0.15) is 0 Å². The quantitative estimate of drug-likeness (QED) is 0.653. The van der Waals surface area contributed by atoms with Crippen molar-refractivity contribution in [1.82, 2.24) is 0 Å². The summed E-state index contributed by atoms with van der Waals surface area (Å²) in [6.45, 7) is 6.30. The highest BCUT2D eigenvalue weighted by Crippen LogP contribution is 2.20. The Hall–Kier alpha value is -0.820. The molecule has 1 heteroatoms. The highest BCUT2D eigenvalue weighted by molar-refractivity contribution is 5.31. The summed E-state index contributed by atoms with van der Waals surface area (Å²) >= 11 is 0. The molecule has 0 radical (unpaired) electrons. The molecule has 0 aliphatic heterocycles. The Labute approximate surface area is 74.4 Å². The second kappa shape index (κ2) is 3.72. The lowest BCUT2D eigenvalue weighted by Gasteiger charge is -2.13. The zero-order valence-electron chi connectivity index (χ0n) is 8.22. The van der Waals surface area contributed by atoms with Crippen molar-refractivity contribution in [3.8, 4) is 0 Å². The minimum atomic E-state index is 0.200. The fraction of sp³-hybridized carbons (Fsp3) is 0.455. The molecule has 0 aromatic heterocycles. The molecule has 0 aliphatic rings. The summed E-state index contributed by atoms with van der Waals surface area (Å²) in [4.78, 5) is 0. The number of aryl methyl sites for hydroxylation is 2. The van der Waals surface area contributed by atoms with Crippen LogP contribution in [0.15, 0.2) is 18.2 Å². The number of ether oxygens (including phenoxy) is 1. The van der Waals surface area contributed by atoms with E-state index in [9.17, 15) is 0 Å². The molecule has 66 valence electrons. The van der Waals surface area contributed by atoms with Gasteiger partial charge >= 0.3 is 0 Å². The first-order valence-corrected chi connectivity index (χ1v) is 4.25. The summed E-state index contributed by atoms with van der Waals surface area (Å²) in [5.41, 5.74) is 3.90. The summed E-state index contributed by atoms with van der Waals surface area (Å²) in [6, 6.07) is 6.45. The van der Waals surface area contributed by atoms with Gasteiger partial charge in [0.15, 0.2) is 0 Å². The van der Waals surface area contributed by atoms with Crippen LogP contribution < -0.4 is 0 Å². The van der Waals surface area contributed by atoms with Gasteiger partial charge in [0, 0.05) is 7.11 Å². The van der Waals surface area contributed by atoms with Crippen LogP contribution in [0.25, 0.3) is 0 Å². The van der Waals surface area contributed by atoms with Crippen molar-refractivity contribution in [1.29, 1.82) is 0 Å². The summed E-state index contributed by atoms with van der Waals surface area (Å²) in [6.07, 6.45) is 0.200. The summed E-state index contributed by atoms with van der Waals surface area (Å²) < 4.78 is 5.26. The number of hydrogen-bond acceptors (Lipinski definition) is 1. The van der Waals surface area contributed by atoms with Crippen molar-refractivity contribution >= 4 is 0 Å². The normalized spacial score (nSPS) is 13.0. The van der Waals surface area contributed by atoms with Crippen LogP contribution in [0, 0.1) is 13.8 Å². The molecule has 0 fully saturated rings. The van der Waals surface area contributed by atoms with E-state index in [0.29, 0.717) is 0 Å². The third-order valence-corrected chi connectivity index (χ3v) is 2.22. The van der Waals surface area contributed by atoms with Gasteiger partial charge in [0.05, 0.1) is 6.10 Å². The van der Waals surface area contributed by atoms with Crippen LogP contribution in [0.3, 0.4) is 0 Å². The van der Waals surface area contributed by atoms with Gasteiger partial charge in [0.1, 0.15) is 0 Å². The standard InChI is InChI=1S/C11H16O/c1-8-5-6-11(9(2)7-8)10(3)12-4/h5-7,10H,1-4H3. The predicted octanol–water partition coefficient (Wildman–Crippen LogP) is 3.01. The Balaban J connectivity index is 3.01. The Kier molecular flexibility index (Phi) is 2.88. The van der Waals surface area contributed by atoms with E-state index in [4.69, 9.17) is 4.74 Å². The van der Waals surface area contributed by atoms with Crippen molar-refractivity contribution in [3.63, 3.8) is 0 Å². The van der Waals surface area contributed by atoms with Crippen LogP contribution >= 0.6 is 0 Å². The van der Waals surface area contributed by atoms with Crippen LogP contribution in [-0.2, 0) is 4.74 Å². The van der Waals surface area contributed by atoms with Crippen LogP contribution in [0.2, 0.25) is 0 Å². The minimum absolute atomic E-state index is 0.200. The highest BCUT2D eigenvalue weighted by Gasteiger charge is 2.05. The van der Waals surface area contributed by atoms with Gasteiger partial charge in [-0.15, -0.1) is 0 Å². The molecule has 1 nitrogen and oxygen atoms in total. The third-order valence-electron chi connectivity index (χ3n) is 2.22. The molecule has 1 aromatic rings. The lowest BCUT2D eigenvalue weighted by molar-refractivity contribution is 0.119. The van der Waals surface area contributed by atoms with Crippen molar-refractivity contribution in [2.75, 3.05) is 7.11 Å². The molecule has 1 rings (SSSR count). The van der Waals surface area contributed by atoms with Gasteiger partial charge in [-0.1, -0.05) is 23.8 Å². The first-order chi connectivity index (χ1) is 5.65. The van der Waals surface area contributed by atoms with E-state index in [-0.39, 0.29) is 6.10 Å². The molecule has 0 heterocycles. The molecule has 1 atom stereocenters. The van der Waals surface area contributed by atoms with Gasteiger partial charge in [-0.05, 0) is 31.9 Å². The van der Waals surface area contributed by atoms with Crippen molar-refractivity contribution in [2.24, 2.45) is 0 Å². The largest absolute Gasteiger partial charge is 0.377 e. The first-order valence-electron chi connectivity index (χ1n) is 4.25. The lowest BCUT2D eigenvalue weighted by atomic mass is 10.0. The molecular formula is C11H16O. The Morgan fingerprint density at radius 3 is 2.42 bits per heavy atom. The van der Waals surface area contributed by atoms with Gasteiger partial charge in [-0.25, -0.2) is 0 Å². The smallest absolute Gasteiger partial charge is 0.0795 e. The summed E-state index contributed by atoms with van der Waals surface area (Å²) in [5.74, 6) is 0. The molecule has 0 spiro atoms. The molecule has 12 heavy (non-hydrogen) atoms. The zero-order chi connectivity index (χ0) is 9.14. The number of rotatable bonds is 2. The molecule has 1 unspecified atom stereocenters. The molecule has 0 saturated carbocycles. The second-order valence-electron chi connectivity index (χ2n) is 3.24. The van der Waals surface area contributed by atoms with Gasteiger partial charge in [0.2, 0.25) is 0 Å². The van der Waals surface area contributed by atoms with E-state index in [2.05, 4.69) is 39.0 Å². The fourth-order valence-corrected chi connectivity index (χ4v) is 1.41. The lowest BCUT2D eigenvalue weighted by Crippen LogP contribution is -1.98. The molecule has 0 aliphatic carbocycles. The van der Waals surface area contributed by atoms with Crippen LogP contribution in [0.5, 0.6) is 0 Å². The minimum Gasteiger partial charge on any atom is -0.377 e.